The van der Waals surface area contributed by atoms with Crippen LogP contribution in [0.4, 0.5) is 0 Å². The Morgan fingerprint density at radius 3 is 1.05 bits per heavy atom. The molecule has 1 atom stereocenters. The second-order valence-corrected chi connectivity index (χ2v) is 16.4. The maximum Gasteiger partial charge on any atom is 0.306 e. The van der Waals surface area contributed by atoms with Gasteiger partial charge in [-0.1, -0.05) is 217 Å². The summed E-state index contributed by atoms with van der Waals surface area (Å²) in [5.41, 5.74) is 0. The lowest BCUT2D eigenvalue weighted by Gasteiger charge is -2.18. The van der Waals surface area contributed by atoms with Crippen LogP contribution in [-0.4, -0.2) is 37.2 Å². The first-order valence-corrected chi connectivity index (χ1v) is 24.6. The highest BCUT2D eigenvalue weighted by molar-refractivity contribution is 5.71. The highest BCUT2D eigenvalue weighted by atomic mass is 16.6. The van der Waals surface area contributed by atoms with E-state index < -0.39 is 6.10 Å². The SMILES string of the molecule is CC/C=C\C/C=C\C/C=C\C/C=C\CCCCCCC(=O)OC[C@H](COC(=O)CCCCCCCCCCCCC)OC(=O)CCCCCCCCCCCCCC. The Hall–Kier alpha value is -2.63. The number of carbonyl (C=O) groups is 3. The predicted molar refractivity (Wildman–Crippen MR) is 247 cm³/mol. The molecule has 0 aromatic rings. The van der Waals surface area contributed by atoms with Crippen molar-refractivity contribution >= 4 is 17.9 Å². The van der Waals surface area contributed by atoms with Gasteiger partial charge in [-0.3, -0.25) is 14.4 Å². The Bertz CT molecular complexity index is 1030. The number of esters is 3. The van der Waals surface area contributed by atoms with Gasteiger partial charge < -0.3 is 14.2 Å². The average Bonchev–Trinajstić information content (AvgIpc) is 3.22. The zero-order chi connectivity index (χ0) is 42.3. The molecule has 0 unspecified atom stereocenters. The third-order valence-electron chi connectivity index (χ3n) is 10.6. The van der Waals surface area contributed by atoms with Crippen molar-refractivity contribution < 1.29 is 28.6 Å². The molecule has 0 rings (SSSR count). The molecule has 0 aliphatic carbocycles. The zero-order valence-electron chi connectivity index (χ0n) is 38.3. The molecule has 58 heavy (non-hydrogen) atoms. The van der Waals surface area contributed by atoms with E-state index in [-0.39, 0.29) is 31.1 Å². The lowest BCUT2D eigenvalue weighted by molar-refractivity contribution is -0.167. The lowest BCUT2D eigenvalue weighted by atomic mass is 10.0. The molecule has 0 aromatic carbocycles. The third-order valence-corrected chi connectivity index (χ3v) is 10.6. The molecule has 0 bridgehead atoms. The van der Waals surface area contributed by atoms with Crippen molar-refractivity contribution in [2.75, 3.05) is 13.2 Å². The van der Waals surface area contributed by atoms with Crippen molar-refractivity contribution in [3.8, 4) is 0 Å². The number of hydrogen-bond donors (Lipinski definition) is 0. The normalized spacial score (nSPS) is 12.4. The maximum absolute atomic E-state index is 12.7. The van der Waals surface area contributed by atoms with Crippen LogP contribution in [0.1, 0.15) is 245 Å². The van der Waals surface area contributed by atoms with Gasteiger partial charge >= 0.3 is 17.9 Å². The summed E-state index contributed by atoms with van der Waals surface area (Å²) < 4.78 is 16.7. The molecular weight excluding hydrogens is 721 g/mol. The average molecular weight is 813 g/mol. The van der Waals surface area contributed by atoms with Crippen LogP contribution >= 0.6 is 0 Å². The zero-order valence-corrected chi connectivity index (χ0v) is 38.3. The first kappa shape index (κ1) is 55.4. The van der Waals surface area contributed by atoms with Gasteiger partial charge in [-0.15, -0.1) is 0 Å². The Balaban J connectivity index is 4.38. The monoisotopic (exact) mass is 813 g/mol. The quantitative estimate of drug-likeness (QED) is 0.0264. The van der Waals surface area contributed by atoms with E-state index in [1.54, 1.807) is 0 Å². The van der Waals surface area contributed by atoms with E-state index in [9.17, 15) is 14.4 Å². The molecule has 0 heterocycles. The summed E-state index contributed by atoms with van der Waals surface area (Å²) in [6.07, 6.45) is 55.2. The summed E-state index contributed by atoms with van der Waals surface area (Å²) in [4.78, 5) is 37.8. The summed E-state index contributed by atoms with van der Waals surface area (Å²) in [5, 5.41) is 0. The molecule has 0 aromatic heterocycles. The second kappa shape index (κ2) is 47.1. The van der Waals surface area contributed by atoms with Crippen molar-refractivity contribution in [2.24, 2.45) is 0 Å². The van der Waals surface area contributed by atoms with E-state index in [0.29, 0.717) is 19.3 Å². The lowest BCUT2D eigenvalue weighted by Crippen LogP contribution is -2.30. The van der Waals surface area contributed by atoms with Crippen LogP contribution in [0.25, 0.3) is 0 Å². The fraction of sp³-hybridized carbons (Fsp3) is 0.788. The molecule has 0 saturated carbocycles. The van der Waals surface area contributed by atoms with Gasteiger partial charge in [0.1, 0.15) is 13.2 Å². The van der Waals surface area contributed by atoms with Crippen LogP contribution in [0.5, 0.6) is 0 Å². The fourth-order valence-corrected chi connectivity index (χ4v) is 6.90. The molecule has 0 N–H and O–H groups in total. The summed E-state index contributed by atoms with van der Waals surface area (Å²) >= 11 is 0. The molecule has 0 spiro atoms. The third kappa shape index (κ3) is 44.5. The number of unbranched alkanes of at least 4 members (excludes halogenated alkanes) is 25. The smallest absolute Gasteiger partial charge is 0.306 e. The first-order chi connectivity index (χ1) is 28.5. The van der Waals surface area contributed by atoms with E-state index >= 15 is 0 Å². The molecule has 336 valence electrons. The summed E-state index contributed by atoms with van der Waals surface area (Å²) in [6, 6.07) is 0. The Kier molecular flexibility index (Phi) is 44.9. The van der Waals surface area contributed by atoms with Crippen molar-refractivity contribution in [2.45, 2.75) is 252 Å². The number of ether oxygens (including phenoxy) is 3. The molecule has 0 aliphatic rings. The molecule has 0 fully saturated rings. The largest absolute Gasteiger partial charge is 0.462 e. The van der Waals surface area contributed by atoms with E-state index in [2.05, 4.69) is 69.4 Å². The van der Waals surface area contributed by atoms with Crippen molar-refractivity contribution in [1.82, 2.24) is 0 Å². The number of carbonyl (C=O) groups excluding carboxylic acids is 3. The molecule has 6 heteroatoms. The van der Waals surface area contributed by atoms with Gasteiger partial charge in [-0.05, 0) is 57.8 Å². The molecule has 0 radical (unpaired) electrons. The molecule has 0 aliphatic heterocycles. The van der Waals surface area contributed by atoms with Gasteiger partial charge in [0, 0.05) is 19.3 Å². The van der Waals surface area contributed by atoms with E-state index in [1.807, 2.05) is 0 Å². The standard InChI is InChI=1S/C52H92O6/c1-4-7-10-13-16-19-22-24-25-26-27-28-31-33-36-39-42-45-51(54)57-48-49(47-56-50(53)44-41-38-35-32-29-21-18-15-12-9-6-3)58-52(55)46-43-40-37-34-30-23-20-17-14-11-8-5-2/h7,10,16,19,24-25,27-28,49H,4-6,8-9,11-15,17-18,20-23,26,29-48H2,1-3H3/b10-7-,19-16-,25-24-,28-27-/t49-/m0/s1. The van der Waals surface area contributed by atoms with Crippen molar-refractivity contribution in [3.05, 3.63) is 48.6 Å². The number of rotatable bonds is 44. The van der Waals surface area contributed by atoms with Gasteiger partial charge in [-0.25, -0.2) is 0 Å². The van der Waals surface area contributed by atoms with Crippen LogP contribution in [0.15, 0.2) is 48.6 Å². The summed E-state index contributed by atoms with van der Waals surface area (Å²) in [5.74, 6) is -0.898. The number of allylic oxidation sites excluding steroid dienone is 8. The van der Waals surface area contributed by atoms with Crippen LogP contribution in [0, 0.1) is 0 Å². The van der Waals surface area contributed by atoms with Gasteiger partial charge in [-0.2, -0.15) is 0 Å². The highest BCUT2D eigenvalue weighted by Gasteiger charge is 2.19. The minimum atomic E-state index is -0.777. The van der Waals surface area contributed by atoms with E-state index in [1.165, 1.54) is 109 Å². The number of hydrogen-bond acceptors (Lipinski definition) is 6. The predicted octanol–water partition coefficient (Wildman–Crippen LogP) is 15.9. The van der Waals surface area contributed by atoms with Crippen molar-refractivity contribution in [1.29, 1.82) is 0 Å². The first-order valence-electron chi connectivity index (χ1n) is 24.6. The fourth-order valence-electron chi connectivity index (χ4n) is 6.90. The van der Waals surface area contributed by atoms with E-state index in [4.69, 9.17) is 14.2 Å². The van der Waals surface area contributed by atoms with E-state index in [0.717, 1.165) is 96.3 Å². The van der Waals surface area contributed by atoms with Crippen molar-refractivity contribution in [3.63, 3.8) is 0 Å². The maximum atomic E-state index is 12.7. The molecule has 0 amide bonds. The summed E-state index contributed by atoms with van der Waals surface area (Å²) in [6.45, 7) is 6.50. The van der Waals surface area contributed by atoms with Gasteiger partial charge in [0.05, 0.1) is 0 Å². The van der Waals surface area contributed by atoms with Gasteiger partial charge in [0.15, 0.2) is 6.10 Å². The Labute approximate surface area is 358 Å². The Morgan fingerprint density at radius 1 is 0.362 bits per heavy atom. The van der Waals surface area contributed by atoms with Gasteiger partial charge in [0.25, 0.3) is 0 Å². The molecule has 6 nitrogen and oxygen atoms in total. The minimum absolute atomic E-state index is 0.0778. The molecular formula is C52H92O6. The highest BCUT2D eigenvalue weighted by Crippen LogP contribution is 2.15. The topological polar surface area (TPSA) is 78.9 Å². The van der Waals surface area contributed by atoms with Crippen LogP contribution in [-0.2, 0) is 28.6 Å². The van der Waals surface area contributed by atoms with Crippen LogP contribution in [0.3, 0.4) is 0 Å². The molecule has 0 saturated heterocycles. The minimum Gasteiger partial charge on any atom is -0.462 e. The van der Waals surface area contributed by atoms with Crippen LogP contribution < -0.4 is 0 Å². The second-order valence-electron chi connectivity index (χ2n) is 16.4. The summed E-state index contributed by atoms with van der Waals surface area (Å²) in [7, 11) is 0. The van der Waals surface area contributed by atoms with Gasteiger partial charge in [0.2, 0.25) is 0 Å². The van der Waals surface area contributed by atoms with Crippen LogP contribution in [0.2, 0.25) is 0 Å². The Morgan fingerprint density at radius 2 is 0.672 bits per heavy atom.